The van der Waals surface area contributed by atoms with E-state index in [0.717, 1.165) is 0 Å². The summed E-state index contributed by atoms with van der Waals surface area (Å²) in [6.45, 7) is 3.41. The van der Waals surface area contributed by atoms with Crippen LogP contribution in [0.15, 0.2) is 24.3 Å². The Kier molecular flexibility index (Phi) is 4.53. The monoisotopic (exact) mass is 250 g/mol. The highest BCUT2D eigenvalue weighted by Gasteiger charge is 2.13. The highest BCUT2D eigenvalue weighted by Crippen LogP contribution is 2.12. The summed E-state index contributed by atoms with van der Waals surface area (Å²) < 4.78 is 0. The Balaban J connectivity index is 2.70. The molecule has 1 aromatic carbocycles. The lowest BCUT2D eigenvalue weighted by molar-refractivity contribution is -0.384. The van der Waals surface area contributed by atoms with Crippen LogP contribution in [0.3, 0.4) is 0 Å². The molecule has 0 aromatic heterocycles. The van der Waals surface area contributed by atoms with Gasteiger partial charge < -0.3 is 5.32 Å². The third-order valence-corrected chi connectivity index (χ3v) is 2.39. The molecule has 1 rings (SSSR count). The van der Waals surface area contributed by atoms with Gasteiger partial charge in [-0.25, -0.2) is 0 Å². The number of hydrogen-bond donors (Lipinski definition) is 1. The topological polar surface area (TPSA) is 89.3 Å². The second-order valence-electron chi connectivity index (χ2n) is 4.11. The van der Waals surface area contributed by atoms with Gasteiger partial charge in [-0.05, 0) is 6.07 Å². The van der Waals surface area contributed by atoms with Gasteiger partial charge in [0.15, 0.2) is 5.78 Å². The van der Waals surface area contributed by atoms with Crippen molar-refractivity contribution in [2.45, 2.75) is 13.8 Å². The van der Waals surface area contributed by atoms with Gasteiger partial charge in [-0.1, -0.05) is 19.9 Å². The minimum absolute atomic E-state index is 0.0702. The highest BCUT2D eigenvalue weighted by atomic mass is 16.6. The van der Waals surface area contributed by atoms with E-state index in [2.05, 4.69) is 5.32 Å². The quantitative estimate of drug-likeness (QED) is 0.634. The Morgan fingerprint density at radius 1 is 1.39 bits per heavy atom. The minimum atomic E-state index is -0.573. The van der Waals surface area contributed by atoms with Crippen LogP contribution in [0.4, 0.5) is 5.69 Å². The van der Waals surface area contributed by atoms with Crippen LogP contribution in [0.1, 0.15) is 24.2 Å². The molecule has 0 fully saturated rings. The van der Waals surface area contributed by atoms with Crippen LogP contribution in [-0.4, -0.2) is 23.2 Å². The molecule has 0 atom stereocenters. The fourth-order valence-electron chi connectivity index (χ4n) is 1.23. The van der Waals surface area contributed by atoms with Crippen LogP contribution in [0, 0.1) is 16.0 Å². The molecular weight excluding hydrogens is 236 g/mol. The first kappa shape index (κ1) is 13.8. The van der Waals surface area contributed by atoms with Crippen molar-refractivity contribution in [2.75, 3.05) is 6.54 Å². The number of nitrogens with one attached hydrogen (secondary N) is 1. The van der Waals surface area contributed by atoms with Crippen molar-refractivity contribution in [1.82, 2.24) is 5.32 Å². The van der Waals surface area contributed by atoms with Crippen molar-refractivity contribution in [3.05, 3.63) is 39.9 Å². The summed E-state index contributed by atoms with van der Waals surface area (Å²) in [5.41, 5.74) is 0.0126. The average molecular weight is 250 g/mol. The first-order valence-corrected chi connectivity index (χ1v) is 5.47. The van der Waals surface area contributed by atoms with E-state index < -0.39 is 10.8 Å². The zero-order chi connectivity index (χ0) is 13.7. The van der Waals surface area contributed by atoms with Crippen LogP contribution in [0.5, 0.6) is 0 Å². The van der Waals surface area contributed by atoms with Gasteiger partial charge in [0.05, 0.1) is 11.5 Å². The molecule has 0 saturated heterocycles. The van der Waals surface area contributed by atoms with E-state index in [1.807, 2.05) is 0 Å². The van der Waals surface area contributed by atoms with Gasteiger partial charge in [-0.15, -0.1) is 0 Å². The molecule has 6 nitrogen and oxygen atoms in total. The number of rotatable bonds is 5. The van der Waals surface area contributed by atoms with E-state index in [4.69, 9.17) is 0 Å². The molecule has 1 amide bonds. The Bertz CT molecular complexity index is 483. The van der Waals surface area contributed by atoms with E-state index in [1.54, 1.807) is 13.8 Å². The molecule has 0 radical (unpaired) electrons. The molecule has 0 unspecified atom stereocenters. The maximum atomic E-state index is 11.7. The van der Waals surface area contributed by atoms with Gasteiger partial charge in [0.1, 0.15) is 0 Å². The molecule has 18 heavy (non-hydrogen) atoms. The van der Waals surface area contributed by atoms with Gasteiger partial charge in [0, 0.05) is 23.6 Å². The predicted octanol–water partition coefficient (Wildman–Crippen LogP) is 1.55. The third kappa shape index (κ3) is 3.65. The fraction of sp³-hybridized carbons (Fsp3) is 0.333. The van der Waals surface area contributed by atoms with Crippen molar-refractivity contribution in [3.63, 3.8) is 0 Å². The number of carbonyl (C=O) groups is 2. The van der Waals surface area contributed by atoms with Crippen molar-refractivity contribution >= 4 is 17.4 Å². The zero-order valence-electron chi connectivity index (χ0n) is 10.2. The highest BCUT2D eigenvalue weighted by molar-refractivity contribution is 5.97. The molecule has 0 heterocycles. The minimum Gasteiger partial charge on any atom is -0.345 e. The molecular formula is C12H14N2O4. The van der Waals surface area contributed by atoms with Crippen LogP contribution in [0.25, 0.3) is 0 Å². The largest absolute Gasteiger partial charge is 0.345 e. The lowest BCUT2D eigenvalue weighted by Crippen LogP contribution is -2.31. The van der Waals surface area contributed by atoms with E-state index in [1.165, 1.54) is 24.3 Å². The standard InChI is InChI=1S/C12H14N2O4/c1-8(2)11(15)7-13-12(16)9-4-3-5-10(6-9)14(17)18/h3-6,8H,7H2,1-2H3,(H,13,16). The zero-order valence-corrected chi connectivity index (χ0v) is 10.2. The Hall–Kier alpha value is -2.24. The number of benzene rings is 1. The van der Waals surface area contributed by atoms with Crippen molar-refractivity contribution in [3.8, 4) is 0 Å². The van der Waals surface area contributed by atoms with Crippen molar-refractivity contribution in [2.24, 2.45) is 5.92 Å². The Morgan fingerprint density at radius 3 is 2.61 bits per heavy atom. The molecule has 0 bridgehead atoms. The molecule has 0 saturated carbocycles. The summed E-state index contributed by atoms with van der Waals surface area (Å²) in [5, 5.41) is 13.0. The Morgan fingerprint density at radius 2 is 2.06 bits per heavy atom. The first-order chi connectivity index (χ1) is 8.41. The molecule has 96 valence electrons. The molecule has 0 spiro atoms. The lowest BCUT2D eigenvalue weighted by atomic mass is 10.1. The molecule has 0 aliphatic carbocycles. The van der Waals surface area contributed by atoms with E-state index in [-0.39, 0.29) is 29.5 Å². The van der Waals surface area contributed by atoms with Crippen LogP contribution >= 0.6 is 0 Å². The van der Waals surface area contributed by atoms with Gasteiger partial charge >= 0.3 is 0 Å². The molecule has 0 aliphatic heterocycles. The number of nitro benzene ring substituents is 1. The summed E-state index contributed by atoms with van der Waals surface area (Å²) in [4.78, 5) is 33.0. The summed E-state index contributed by atoms with van der Waals surface area (Å²) in [6, 6.07) is 5.37. The lowest BCUT2D eigenvalue weighted by Gasteiger charge is -2.06. The van der Waals surface area contributed by atoms with E-state index in [9.17, 15) is 19.7 Å². The SMILES string of the molecule is CC(C)C(=O)CNC(=O)c1cccc([N+](=O)[O-])c1. The molecule has 1 aromatic rings. The average Bonchev–Trinajstić information content (AvgIpc) is 2.35. The number of hydrogen-bond acceptors (Lipinski definition) is 4. The van der Waals surface area contributed by atoms with Gasteiger partial charge in [-0.3, -0.25) is 19.7 Å². The smallest absolute Gasteiger partial charge is 0.270 e. The van der Waals surface area contributed by atoms with Gasteiger partial charge in [0.2, 0.25) is 0 Å². The number of nitrogens with zero attached hydrogens (tertiary/aromatic N) is 1. The van der Waals surface area contributed by atoms with E-state index >= 15 is 0 Å². The number of nitro groups is 1. The molecule has 0 aliphatic rings. The predicted molar refractivity (Wildman–Crippen MR) is 65.3 cm³/mol. The molecule has 6 heteroatoms. The summed E-state index contributed by atoms with van der Waals surface area (Å²) in [7, 11) is 0. The van der Waals surface area contributed by atoms with Crippen LogP contribution < -0.4 is 5.32 Å². The van der Waals surface area contributed by atoms with Gasteiger partial charge in [0.25, 0.3) is 11.6 Å². The number of carbonyl (C=O) groups excluding carboxylic acids is 2. The summed E-state index contributed by atoms with van der Waals surface area (Å²) in [6.07, 6.45) is 0. The maximum absolute atomic E-state index is 11.7. The fourth-order valence-corrected chi connectivity index (χ4v) is 1.23. The number of ketones is 1. The van der Waals surface area contributed by atoms with Gasteiger partial charge in [-0.2, -0.15) is 0 Å². The summed E-state index contributed by atoms with van der Waals surface area (Å²) >= 11 is 0. The number of non-ortho nitro benzene ring substituents is 1. The number of amides is 1. The second-order valence-corrected chi connectivity index (χ2v) is 4.11. The van der Waals surface area contributed by atoms with Crippen molar-refractivity contribution in [1.29, 1.82) is 0 Å². The summed E-state index contributed by atoms with van der Waals surface area (Å²) in [5.74, 6) is -0.739. The first-order valence-electron chi connectivity index (χ1n) is 5.47. The van der Waals surface area contributed by atoms with E-state index in [0.29, 0.717) is 0 Å². The second kappa shape index (κ2) is 5.90. The van der Waals surface area contributed by atoms with Crippen LogP contribution in [-0.2, 0) is 4.79 Å². The van der Waals surface area contributed by atoms with Crippen molar-refractivity contribution < 1.29 is 14.5 Å². The Labute approximate surface area is 104 Å². The number of Topliss-reactive ketones (excluding diaryl/α,β-unsaturated/α-hetero) is 1. The third-order valence-electron chi connectivity index (χ3n) is 2.39. The van der Waals surface area contributed by atoms with Crippen LogP contribution in [0.2, 0.25) is 0 Å². The molecule has 1 N–H and O–H groups in total. The maximum Gasteiger partial charge on any atom is 0.270 e. The normalized spacial score (nSPS) is 10.2.